The van der Waals surface area contributed by atoms with Crippen LogP contribution in [0.25, 0.3) is 32.1 Å². The standard InChI is InChI=1S/C24H24N2O3S/c1-15-8-10-16(11-9-15)20-18-14-26-21-17(6-4-7-19(21)29-3)22(18)30-23(20)24(27)25-12-5-13-28-2/h4,6-11,14H,5,12-13H2,1-3H3,(H,25,27). The lowest BCUT2D eigenvalue weighted by atomic mass is 10.0. The summed E-state index contributed by atoms with van der Waals surface area (Å²) in [5, 5.41) is 5.00. The van der Waals surface area contributed by atoms with Gasteiger partial charge in [0.15, 0.2) is 0 Å². The lowest BCUT2D eigenvalue weighted by molar-refractivity contribution is 0.0953. The van der Waals surface area contributed by atoms with E-state index in [9.17, 15) is 4.79 Å². The Morgan fingerprint density at radius 2 is 1.90 bits per heavy atom. The van der Waals surface area contributed by atoms with Gasteiger partial charge in [-0.1, -0.05) is 42.0 Å². The van der Waals surface area contributed by atoms with Crippen molar-refractivity contribution in [2.45, 2.75) is 13.3 Å². The Bertz CT molecular complexity index is 1200. The lowest BCUT2D eigenvalue weighted by Gasteiger charge is -2.08. The van der Waals surface area contributed by atoms with Gasteiger partial charge in [0.25, 0.3) is 5.91 Å². The van der Waals surface area contributed by atoms with Crippen LogP contribution in [0.4, 0.5) is 0 Å². The highest BCUT2D eigenvalue weighted by molar-refractivity contribution is 7.22. The molecule has 0 aliphatic rings. The smallest absolute Gasteiger partial charge is 0.262 e. The van der Waals surface area contributed by atoms with Crippen molar-refractivity contribution < 1.29 is 14.3 Å². The summed E-state index contributed by atoms with van der Waals surface area (Å²) in [5.41, 5.74) is 3.92. The number of rotatable bonds is 7. The van der Waals surface area contributed by atoms with Crippen LogP contribution in [0.2, 0.25) is 0 Å². The van der Waals surface area contributed by atoms with E-state index in [1.807, 2.05) is 24.4 Å². The average molecular weight is 421 g/mol. The van der Waals surface area contributed by atoms with E-state index in [1.165, 1.54) is 16.9 Å². The molecular weight excluding hydrogens is 396 g/mol. The van der Waals surface area contributed by atoms with Crippen LogP contribution in [0.15, 0.2) is 48.7 Å². The molecule has 4 aromatic rings. The van der Waals surface area contributed by atoms with Gasteiger partial charge < -0.3 is 14.8 Å². The Labute approximate surface area is 179 Å². The summed E-state index contributed by atoms with van der Waals surface area (Å²) < 4.78 is 11.6. The van der Waals surface area contributed by atoms with Crippen LogP contribution in [0, 0.1) is 6.92 Å². The van der Waals surface area contributed by atoms with Crippen molar-refractivity contribution in [1.82, 2.24) is 10.3 Å². The number of fused-ring (bicyclic) bond motifs is 3. The summed E-state index contributed by atoms with van der Waals surface area (Å²) in [6.07, 6.45) is 2.63. The van der Waals surface area contributed by atoms with Crippen LogP contribution in [0.3, 0.4) is 0 Å². The first kappa shape index (κ1) is 20.3. The fourth-order valence-corrected chi connectivity index (χ4v) is 4.80. The molecule has 5 nitrogen and oxygen atoms in total. The molecule has 4 rings (SSSR count). The minimum atomic E-state index is -0.0704. The maximum Gasteiger partial charge on any atom is 0.262 e. The highest BCUT2D eigenvalue weighted by atomic mass is 32.1. The maximum atomic E-state index is 13.1. The highest BCUT2D eigenvalue weighted by Gasteiger charge is 2.22. The summed E-state index contributed by atoms with van der Waals surface area (Å²) in [4.78, 5) is 18.5. The second-order valence-corrected chi connectivity index (χ2v) is 8.15. The van der Waals surface area contributed by atoms with Crippen molar-refractivity contribution in [2.75, 3.05) is 27.4 Å². The van der Waals surface area contributed by atoms with Gasteiger partial charge in [-0.3, -0.25) is 9.78 Å². The number of benzene rings is 2. The molecule has 0 radical (unpaired) electrons. The molecule has 0 bridgehead atoms. The monoisotopic (exact) mass is 420 g/mol. The molecule has 6 heteroatoms. The van der Waals surface area contributed by atoms with Gasteiger partial charge in [0.05, 0.1) is 7.11 Å². The minimum absolute atomic E-state index is 0.0704. The van der Waals surface area contributed by atoms with E-state index >= 15 is 0 Å². The van der Waals surface area contributed by atoms with Gasteiger partial charge in [-0.05, 0) is 25.0 Å². The third kappa shape index (κ3) is 3.76. The second-order valence-electron chi connectivity index (χ2n) is 7.13. The molecule has 0 aliphatic carbocycles. The molecule has 0 saturated carbocycles. The number of hydrogen-bond acceptors (Lipinski definition) is 5. The minimum Gasteiger partial charge on any atom is -0.494 e. The molecule has 154 valence electrons. The van der Waals surface area contributed by atoms with Gasteiger partial charge in [0, 0.05) is 47.5 Å². The number of nitrogens with one attached hydrogen (secondary N) is 1. The molecule has 0 unspecified atom stereocenters. The van der Waals surface area contributed by atoms with Crippen molar-refractivity contribution in [1.29, 1.82) is 0 Å². The van der Waals surface area contributed by atoms with E-state index in [1.54, 1.807) is 14.2 Å². The van der Waals surface area contributed by atoms with Crippen LogP contribution < -0.4 is 10.1 Å². The number of hydrogen-bond donors (Lipinski definition) is 1. The molecule has 0 fully saturated rings. The van der Waals surface area contributed by atoms with Crippen LogP contribution in [0.5, 0.6) is 5.75 Å². The molecule has 2 heterocycles. The third-order valence-electron chi connectivity index (χ3n) is 5.09. The van der Waals surface area contributed by atoms with E-state index in [0.717, 1.165) is 44.3 Å². The normalized spacial score (nSPS) is 11.2. The van der Waals surface area contributed by atoms with E-state index < -0.39 is 0 Å². The Morgan fingerprint density at radius 3 is 2.63 bits per heavy atom. The van der Waals surface area contributed by atoms with Crippen LogP contribution in [-0.4, -0.2) is 38.3 Å². The molecular formula is C24H24N2O3S. The molecule has 1 amide bonds. The number of methoxy groups -OCH3 is 2. The number of thiophene rings is 1. The van der Waals surface area contributed by atoms with Gasteiger partial charge in [-0.2, -0.15) is 0 Å². The molecule has 0 saturated heterocycles. The summed E-state index contributed by atoms with van der Waals surface area (Å²) >= 11 is 1.50. The summed E-state index contributed by atoms with van der Waals surface area (Å²) in [6.45, 7) is 3.24. The molecule has 1 N–H and O–H groups in total. The van der Waals surface area contributed by atoms with Crippen LogP contribution in [0.1, 0.15) is 21.7 Å². The van der Waals surface area contributed by atoms with E-state index in [0.29, 0.717) is 18.0 Å². The SMILES string of the molecule is COCCCNC(=O)c1sc2c(cnc3c(OC)cccc32)c1-c1ccc(C)cc1. The van der Waals surface area contributed by atoms with Gasteiger partial charge in [-0.25, -0.2) is 0 Å². The first-order valence-corrected chi connectivity index (χ1v) is 10.7. The number of amides is 1. The highest BCUT2D eigenvalue weighted by Crippen LogP contribution is 2.42. The first-order valence-electron chi connectivity index (χ1n) is 9.86. The summed E-state index contributed by atoms with van der Waals surface area (Å²) in [5.74, 6) is 0.657. The third-order valence-corrected chi connectivity index (χ3v) is 6.33. The zero-order valence-electron chi connectivity index (χ0n) is 17.3. The van der Waals surface area contributed by atoms with Crippen molar-refractivity contribution in [3.63, 3.8) is 0 Å². The second kappa shape index (κ2) is 8.81. The molecule has 0 aliphatic heterocycles. The largest absolute Gasteiger partial charge is 0.494 e. The van der Waals surface area contributed by atoms with E-state index in [2.05, 4.69) is 41.5 Å². The molecule has 0 atom stereocenters. The topological polar surface area (TPSA) is 60.5 Å². The first-order chi connectivity index (χ1) is 14.6. The zero-order chi connectivity index (χ0) is 21.1. The fraction of sp³-hybridized carbons (Fsp3) is 0.250. The maximum absolute atomic E-state index is 13.1. The average Bonchev–Trinajstić information content (AvgIpc) is 3.17. The van der Waals surface area contributed by atoms with Crippen molar-refractivity contribution in [3.8, 4) is 16.9 Å². The summed E-state index contributed by atoms with van der Waals surface area (Å²) in [6, 6.07) is 14.1. The number of pyridine rings is 1. The van der Waals surface area contributed by atoms with Crippen molar-refractivity contribution in [2.24, 2.45) is 0 Å². The number of para-hydroxylation sites is 1. The lowest BCUT2D eigenvalue weighted by Crippen LogP contribution is -2.24. The number of aromatic nitrogens is 1. The van der Waals surface area contributed by atoms with Crippen LogP contribution in [-0.2, 0) is 4.74 Å². The Balaban J connectivity index is 1.89. The van der Waals surface area contributed by atoms with Crippen molar-refractivity contribution in [3.05, 3.63) is 59.1 Å². The van der Waals surface area contributed by atoms with Gasteiger partial charge in [0.2, 0.25) is 0 Å². The fourth-order valence-electron chi connectivity index (χ4n) is 3.57. The van der Waals surface area contributed by atoms with Crippen LogP contribution >= 0.6 is 11.3 Å². The quantitative estimate of drug-likeness (QED) is 0.418. The van der Waals surface area contributed by atoms with Gasteiger partial charge in [0.1, 0.15) is 16.1 Å². The predicted molar refractivity (Wildman–Crippen MR) is 123 cm³/mol. The number of carbonyl (C=O) groups is 1. The molecule has 2 aromatic heterocycles. The number of nitrogens with zero attached hydrogens (tertiary/aromatic N) is 1. The number of aryl methyl sites for hydroxylation is 1. The predicted octanol–water partition coefficient (Wildman–Crippen LogP) is 5.20. The summed E-state index contributed by atoms with van der Waals surface area (Å²) in [7, 11) is 3.31. The van der Waals surface area contributed by atoms with E-state index in [4.69, 9.17) is 9.47 Å². The van der Waals surface area contributed by atoms with E-state index in [-0.39, 0.29) is 5.91 Å². The Kier molecular flexibility index (Phi) is 5.97. The molecule has 0 spiro atoms. The van der Waals surface area contributed by atoms with Gasteiger partial charge in [-0.15, -0.1) is 11.3 Å². The number of ether oxygens (including phenoxy) is 2. The van der Waals surface area contributed by atoms with Gasteiger partial charge >= 0.3 is 0 Å². The zero-order valence-corrected chi connectivity index (χ0v) is 18.1. The molecule has 2 aromatic carbocycles. The van der Waals surface area contributed by atoms with Crippen molar-refractivity contribution >= 4 is 38.2 Å². The number of carbonyl (C=O) groups excluding carboxylic acids is 1. The molecule has 30 heavy (non-hydrogen) atoms. The Hall–Kier alpha value is -2.96. The Morgan fingerprint density at radius 1 is 1.10 bits per heavy atom.